The molecule has 0 spiro atoms. The second-order valence-corrected chi connectivity index (χ2v) is 4.57. The molecule has 0 radical (unpaired) electrons. The fourth-order valence-electron chi connectivity index (χ4n) is 0.928. The number of rotatable bonds is 2. The molecule has 0 aliphatic heterocycles. The summed E-state index contributed by atoms with van der Waals surface area (Å²) >= 11 is 2.79. The van der Waals surface area contributed by atoms with Gasteiger partial charge in [-0.05, 0) is 39.8 Å². The lowest BCUT2D eigenvalue weighted by molar-refractivity contribution is -0.0328. The van der Waals surface area contributed by atoms with Crippen molar-refractivity contribution >= 4 is 39.3 Å². The van der Waals surface area contributed by atoms with Crippen LogP contribution >= 0.6 is 27.7 Å². The number of nitrogens with two attached hydrogens (primary N) is 2. The lowest BCUT2D eigenvalue weighted by atomic mass is 10.3. The van der Waals surface area contributed by atoms with Gasteiger partial charge in [-0.15, -0.1) is 0 Å². The number of aliphatic imine (C=N–C) groups is 1. The van der Waals surface area contributed by atoms with E-state index in [1.165, 1.54) is 18.2 Å². The third kappa shape index (κ3) is 3.93. The van der Waals surface area contributed by atoms with E-state index in [1.807, 2.05) is 0 Å². The molecule has 0 heterocycles. The fraction of sp³-hybridized carbons (Fsp3) is 0.125. The van der Waals surface area contributed by atoms with Gasteiger partial charge in [-0.3, -0.25) is 0 Å². The summed E-state index contributed by atoms with van der Waals surface area (Å²) in [7, 11) is 0. The van der Waals surface area contributed by atoms with Gasteiger partial charge in [0.05, 0.1) is 10.2 Å². The first kappa shape index (κ1) is 13.2. The minimum Gasteiger partial charge on any atom is -0.370 e. The van der Waals surface area contributed by atoms with Crippen molar-refractivity contribution in [2.75, 3.05) is 0 Å². The first-order valence-corrected chi connectivity index (χ1v) is 5.54. The first-order valence-electron chi connectivity index (χ1n) is 3.93. The molecule has 0 aliphatic carbocycles. The van der Waals surface area contributed by atoms with Crippen LogP contribution in [0.5, 0.6) is 0 Å². The Morgan fingerprint density at radius 3 is 2.44 bits per heavy atom. The van der Waals surface area contributed by atoms with Crippen LogP contribution in [-0.2, 0) is 0 Å². The predicted octanol–water partition coefficient (Wildman–Crippen LogP) is 2.97. The Bertz CT molecular complexity index is 415. The molecule has 0 aromatic heterocycles. The Kier molecular flexibility index (Phi) is 4.09. The summed E-state index contributed by atoms with van der Waals surface area (Å²) in [5.74, 6) is -0.213. The van der Waals surface area contributed by atoms with E-state index in [9.17, 15) is 13.2 Å². The minimum atomic E-state index is -4.35. The van der Waals surface area contributed by atoms with E-state index in [0.29, 0.717) is 0 Å². The number of thioether (sulfide) groups is 1. The van der Waals surface area contributed by atoms with Crippen LogP contribution in [0, 0.1) is 0 Å². The number of hydrogen-bond acceptors (Lipinski definition) is 2. The van der Waals surface area contributed by atoms with Gasteiger partial charge in [0, 0.05) is 4.90 Å². The third-order valence-corrected chi connectivity index (χ3v) is 3.31. The van der Waals surface area contributed by atoms with E-state index in [2.05, 4.69) is 20.9 Å². The number of hydrogen-bond donors (Lipinski definition) is 2. The van der Waals surface area contributed by atoms with Gasteiger partial charge in [-0.1, -0.05) is 6.07 Å². The fourth-order valence-corrected chi connectivity index (χ4v) is 2.11. The number of halogens is 4. The van der Waals surface area contributed by atoms with Gasteiger partial charge in [0.2, 0.25) is 0 Å². The molecule has 0 atom stereocenters. The van der Waals surface area contributed by atoms with Crippen molar-refractivity contribution < 1.29 is 13.2 Å². The minimum absolute atomic E-state index is 0.00926. The maximum atomic E-state index is 12.2. The molecule has 0 saturated heterocycles. The molecule has 0 fully saturated rings. The van der Waals surface area contributed by atoms with Crippen LogP contribution in [-0.4, -0.2) is 11.5 Å². The Morgan fingerprint density at radius 1 is 1.31 bits per heavy atom. The van der Waals surface area contributed by atoms with Crippen LogP contribution in [0.1, 0.15) is 0 Å². The SMILES string of the molecule is NC(N)=Nc1cccc(SC(F)(F)F)c1Br. The van der Waals surface area contributed by atoms with Crippen molar-refractivity contribution in [2.24, 2.45) is 16.5 Å². The smallest absolute Gasteiger partial charge is 0.370 e. The van der Waals surface area contributed by atoms with Crippen molar-refractivity contribution in [1.82, 2.24) is 0 Å². The lowest BCUT2D eigenvalue weighted by Crippen LogP contribution is -2.21. The number of guanidine groups is 1. The zero-order valence-electron chi connectivity index (χ0n) is 7.75. The van der Waals surface area contributed by atoms with Crippen LogP contribution in [0.4, 0.5) is 18.9 Å². The van der Waals surface area contributed by atoms with Crippen LogP contribution < -0.4 is 11.5 Å². The van der Waals surface area contributed by atoms with Crippen LogP contribution in [0.3, 0.4) is 0 Å². The normalized spacial score (nSPS) is 11.2. The second kappa shape index (κ2) is 4.96. The highest BCUT2D eigenvalue weighted by molar-refractivity contribution is 9.10. The number of nitrogens with zero attached hydrogens (tertiary/aromatic N) is 1. The van der Waals surface area contributed by atoms with Crippen molar-refractivity contribution in [3.63, 3.8) is 0 Å². The maximum Gasteiger partial charge on any atom is 0.446 e. The molecule has 1 aromatic carbocycles. The zero-order valence-corrected chi connectivity index (χ0v) is 10.2. The van der Waals surface area contributed by atoms with Crippen molar-refractivity contribution in [3.05, 3.63) is 22.7 Å². The Hall–Kier alpha value is -0.890. The van der Waals surface area contributed by atoms with E-state index in [0.717, 1.165) is 0 Å². The molecule has 8 heteroatoms. The van der Waals surface area contributed by atoms with Crippen molar-refractivity contribution in [2.45, 2.75) is 10.4 Å². The van der Waals surface area contributed by atoms with E-state index >= 15 is 0 Å². The second-order valence-electron chi connectivity index (χ2n) is 2.67. The molecule has 0 unspecified atom stereocenters. The van der Waals surface area contributed by atoms with E-state index < -0.39 is 5.51 Å². The predicted molar refractivity (Wildman–Crippen MR) is 61.5 cm³/mol. The number of alkyl halides is 3. The summed E-state index contributed by atoms with van der Waals surface area (Å²) in [6, 6.07) is 4.28. The Morgan fingerprint density at radius 2 is 1.94 bits per heavy atom. The summed E-state index contributed by atoms with van der Waals surface area (Å²) < 4.78 is 36.7. The highest BCUT2D eigenvalue weighted by Gasteiger charge is 2.30. The maximum absolute atomic E-state index is 12.2. The summed E-state index contributed by atoms with van der Waals surface area (Å²) in [4.78, 5) is 3.70. The van der Waals surface area contributed by atoms with Crippen molar-refractivity contribution in [1.29, 1.82) is 0 Å². The molecule has 1 aromatic rings. The topological polar surface area (TPSA) is 64.4 Å². The molecule has 0 amide bonds. The highest BCUT2D eigenvalue weighted by Crippen LogP contribution is 2.43. The van der Waals surface area contributed by atoms with Gasteiger partial charge < -0.3 is 11.5 Å². The molecule has 0 aliphatic rings. The molecule has 0 bridgehead atoms. The number of benzene rings is 1. The van der Waals surface area contributed by atoms with Gasteiger partial charge in [0.25, 0.3) is 0 Å². The summed E-state index contributed by atoms with van der Waals surface area (Å²) in [6.07, 6.45) is 0. The van der Waals surface area contributed by atoms with Gasteiger partial charge in [-0.25, -0.2) is 4.99 Å². The van der Waals surface area contributed by atoms with Gasteiger partial charge in [-0.2, -0.15) is 13.2 Å². The lowest BCUT2D eigenvalue weighted by Gasteiger charge is -2.08. The summed E-state index contributed by atoms with van der Waals surface area (Å²) in [5, 5.41) is 0. The van der Waals surface area contributed by atoms with Crippen LogP contribution in [0.2, 0.25) is 0 Å². The first-order chi connectivity index (χ1) is 7.29. The molecular formula is C8H7BrF3N3S. The molecule has 1 rings (SSSR count). The molecule has 3 nitrogen and oxygen atoms in total. The van der Waals surface area contributed by atoms with Crippen molar-refractivity contribution in [3.8, 4) is 0 Å². The van der Waals surface area contributed by atoms with E-state index in [-0.39, 0.29) is 32.8 Å². The average Bonchev–Trinajstić information content (AvgIpc) is 2.09. The largest absolute Gasteiger partial charge is 0.446 e. The van der Waals surface area contributed by atoms with Crippen LogP contribution in [0.25, 0.3) is 0 Å². The Balaban J connectivity index is 3.09. The monoisotopic (exact) mass is 313 g/mol. The van der Waals surface area contributed by atoms with Crippen LogP contribution in [0.15, 0.2) is 32.6 Å². The molecule has 0 saturated carbocycles. The van der Waals surface area contributed by atoms with Gasteiger partial charge in [0.1, 0.15) is 0 Å². The summed E-state index contributed by atoms with van der Waals surface area (Å²) in [6.45, 7) is 0. The quantitative estimate of drug-likeness (QED) is 0.501. The third-order valence-electron chi connectivity index (χ3n) is 1.42. The molecular weight excluding hydrogens is 307 g/mol. The highest BCUT2D eigenvalue weighted by atomic mass is 79.9. The Labute approximate surface area is 102 Å². The molecule has 4 N–H and O–H groups in total. The van der Waals surface area contributed by atoms with Gasteiger partial charge in [0.15, 0.2) is 5.96 Å². The summed E-state index contributed by atoms with van der Waals surface area (Å²) in [5.41, 5.74) is 6.21. The molecule has 16 heavy (non-hydrogen) atoms. The molecule has 88 valence electrons. The average molecular weight is 314 g/mol. The van der Waals surface area contributed by atoms with E-state index in [1.54, 1.807) is 0 Å². The standard InChI is InChI=1S/C8H7BrF3N3S/c9-6-4(15-7(13)14)2-1-3-5(6)16-8(10,11)12/h1-3H,(H4,13,14,15). The van der Waals surface area contributed by atoms with E-state index in [4.69, 9.17) is 11.5 Å². The zero-order chi connectivity index (χ0) is 12.3. The van der Waals surface area contributed by atoms with Gasteiger partial charge >= 0.3 is 5.51 Å².